The summed E-state index contributed by atoms with van der Waals surface area (Å²) in [4.78, 5) is 20.2. The molecule has 0 aliphatic rings. The van der Waals surface area contributed by atoms with Crippen LogP contribution in [-0.4, -0.2) is 27.1 Å². The third-order valence-corrected chi connectivity index (χ3v) is 4.11. The zero-order valence-electron chi connectivity index (χ0n) is 14.9. The number of carbonyl (C=O) groups is 1. The minimum Gasteiger partial charge on any atom is -0.464 e. The molecule has 1 aromatic carbocycles. The highest BCUT2D eigenvalue weighted by atomic mass is 16.5. The largest absolute Gasteiger partial charge is 0.464 e. The van der Waals surface area contributed by atoms with Crippen molar-refractivity contribution in [3.63, 3.8) is 0 Å². The Balaban J connectivity index is 2.05. The molecule has 0 unspecified atom stereocenters. The maximum atomic E-state index is 11.0. The predicted octanol–water partition coefficient (Wildman–Crippen LogP) is 3.71. The second-order valence-corrected chi connectivity index (χ2v) is 5.89. The van der Waals surface area contributed by atoms with E-state index < -0.39 is 0 Å². The van der Waals surface area contributed by atoms with Crippen LogP contribution in [0.1, 0.15) is 24.0 Å². The summed E-state index contributed by atoms with van der Waals surface area (Å²) in [6, 6.07) is 9.53. The highest BCUT2D eigenvalue weighted by Crippen LogP contribution is 2.31. The fraction of sp³-hybridized carbons (Fsp3) is 0.316. The number of pyridine rings is 1. The van der Waals surface area contributed by atoms with Gasteiger partial charge in [0.25, 0.3) is 0 Å². The number of aryl methyl sites for hydroxylation is 3. The van der Waals surface area contributed by atoms with E-state index in [9.17, 15) is 4.79 Å². The molecule has 0 fully saturated rings. The van der Waals surface area contributed by atoms with Gasteiger partial charge >= 0.3 is 5.97 Å². The monoisotopic (exact) mass is 339 g/mol. The zero-order chi connectivity index (χ0) is 18.0. The van der Waals surface area contributed by atoms with E-state index in [2.05, 4.69) is 9.97 Å². The van der Waals surface area contributed by atoms with Crippen LogP contribution >= 0.6 is 0 Å². The first kappa shape index (κ1) is 17.0. The van der Waals surface area contributed by atoms with Gasteiger partial charge in [-0.25, -0.2) is 9.97 Å². The third kappa shape index (κ3) is 3.47. The van der Waals surface area contributed by atoms with Crippen molar-refractivity contribution in [2.75, 3.05) is 6.61 Å². The first-order valence-corrected chi connectivity index (χ1v) is 8.17. The SMILES string of the molecule is CC(=O)OCCn1c(C)nc2c(Oc3ccccc3)nc(C)c(C)c21. The average molecular weight is 339 g/mol. The van der Waals surface area contributed by atoms with Crippen molar-refractivity contribution in [2.24, 2.45) is 0 Å². The van der Waals surface area contributed by atoms with Crippen LogP contribution in [0.5, 0.6) is 11.6 Å². The molecular formula is C19H21N3O3. The molecule has 2 aromatic heterocycles. The summed E-state index contributed by atoms with van der Waals surface area (Å²) in [6.45, 7) is 8.14. The number of carbonyl (C=O) groups excluding carboxylic acids is 1. The summed E-state index contributed by atoms with van der Waals surface area (Å²) in [6.07, 6.45) is 0. The van der Waals surface area contributed by atoms with Crippen LogP contribution in [0.3, 0.4) is 0 Å². The quantitative estimate of drug-likeness (QED) is 0.663. The van der Waals surface area contributed by atoms with Gasteiger partial charge in [-0.05, 0) is 38.5 Å². The number of benzene rings is 1. The van der Waals surface area contributed by atoms with Crippen molar-refractivity contribution in [1.82, 2.24) is 14.5 Å². The summed E-state index contributed by atoms with van der Waals surface area (Å²) in [5.74, 6) is 1.74. The van der Waals surface area contributed by atoms with Gasteiger partial charge in [0.05, 0.1) is 12.1 Å². The number of rotatable bonds is 5. The molecular weight excluding hydrogens is 318 g/mol. The minimum absolute atomic E-state index is 0.287. The predicted molar refractivity (Wildman–Crippen MR) is 94.9 cm³/mol. The van der Waals surface area contributed by atoms with E-state index in [1.54, 1.807) is 0 Å². The van der Waals surface area contributed by atoms with Gasteiger partial charge in [0, 0.05) is 12.6 Å². The Labute approximate surface area is 146 Å². The zero-order valence-corrected chi connectivity index (χ0v) is 14.9. The summed E-state index contributed by atoms with van der Waals surface area (Å²) in [5, 5.41) is 0. The molecule has 3 aromatic rings. The van der Waals surface area contributed by atoms with E-state index >= 15 is 0 Å². The van der Waals surface area contributed by atoms with Crippen LogP contribution in [0.2, 0.25) is 0 Å². The van der Waals surface area contributed by atoms with E-state index in [-0.39, 0.29) is 5.97 Å². The van der Waals surface area contributed by atoms with Crippen molar-refractivity contribution in [1.29, 1.82) is 0 Å². The Hall–Kier alpha value is -2.89. The molecule has 6 nitrogen and oxygen atoms in total. The summed E-state index contributed by atoms with van der Waals surface area (Å²) in [5.41, 5.74) is 3.60. The van der Waals surface area contributed by atoms with Gasteiger partial charge in [-0.15, -0.1) is 0 Å². The van der Waals surface area contributed by atoms with Crippen LogP contribution in [0.25, 0.3) is 11.0 Å². The summed E-state index contributed by atoms with van der Waals surface area (Å²) < 4.78 is 13.1. The molecule has 130 valence electrons. The van der Waals surface area contributed by atoms with Crippen LogP contribution in [0, 0.1) is 20.8 Å². The highest BCUT2D eigenvalue weighted by molar-refractivity contribution is 5.85. The fourth-order valence-electron chi connectivity index (χ4n) is 2.78. The summed E-state index contributed by atoms with van der Waals surface area (Å²) in [7, 11) is 0. The Morgan fingerprint density at radius 3 is 2.52 bits per heavy atom. The lowest BCUT2D eigenvalue weighted by Gasteiger charge is -2.12. The smallest absolute Gasteiger partial charge is 0.302 e. The maximum Gasteiger partial charge on any atom is 0.302 e. The number of hydrogen-bond donors (Lipinski definition) is 0. The molecule has 0 spiro atoms. The molecule has 0 amide bonds. The van der Waals surface area contributed by atoms with Crippen LogP contribution in [0.4, 0.5) is 0 Å². The van der Waals surface area contributed by atoms with Crippen molar-refractivity contribution in [3.05, 3.63) is 47.4 Å². The Morgan fingerprint density at radius 1 is 1.12 bits per heavy atom. The van der Waals surface area contributed by atoms with Crippen LogP contribution in [0.15, 0.2) is 30.3 Å². The van der Waals surface area contributed by atoms with Gasteiger partial charge in [-0.3, -0.25) is 4.79 Å². The van der Waals surface area contributed by atoms with Gasteiger partial charge < -0.3 is 14.0 Å². The second-order valence-electron chi connectivity index (χ2n) is 5.89. The number of fused-ring (bicyclic) bond motifs is 1. The Morgan fingerprint density at radius 2 is 1.84 bits per heavy atom. The van der Waals surface area contributed by atoms with Crippen molar-refractivity contribution < 1.29 is 14.3 Å². The molecule has 0 saturated carbocycles. The van der Waals surface area contributed by atoms with Gasteiger partial charge in [-0.2, -0.15) is 0 Å². The number of hydrogen-bond acceptors (Lipinski definition) is 5. The van der Waals surface area contributed by atoms with Gasteiger partial charge in [0.2, 0.25) is 5.88 Å². The number of ether oxygens (including phenoxy) is 2. The third-order valence-electron chi connectivity index (χ3n) is 4.11. The highest BCUT2D eigenvalue weighted by Gasteiger charge is 2.18. The standard InChI is InChI=1S/C19H21N3O3/c1-12-13(2)20-19(25-16-8-6-5-7-9-16)17-18(12)22(14(3)21-17)10-11-24-15(4)23/h5-9H,10-11H2,1-4H3. The van der Waals surface area contributed by atoms with E-state index in [0.29, 0.717) is 30.3 Å². The Kier molecular flexibility index (Phi) is 4.70. The van der Waals surface area contributed by atoms with Gasteiger partial charge in [0.1, 0.15) is 18.2 Å². The molecule has 0 N–H and O–H groups in total. The molecule has 0 saturated heterocycles. The Bertz CT molecular complexity index is 917. The average Bonchev–Trinajstić information content (AvgIpc) is 2.90. The molecule has 2 heterocycles. The first-order chi connectivity index (χ1) is 12.0. The second kappa shape index (κ2) is 6.93. The number of imidazole rings is 1. The lowest BCUT2D eigenvalue weighted by atomic mass is 10.2. The van der Waals surface area contributed by atoms with Gasteiger partial charge in [-0.1, -0.05) is 18.2 Å². The minimum atomic E-state index is -0.287. The van der Waals surface area contributed by atoms with Crippen LogP contribution < -0.4 is 4.74 Å². The lowest BCUT2D eigenvalue weighted by Crippen LogP contribution is -2.10. The lowest BCUT2D eigenvalue weighted by molar-refractivity contribution is -0.141. The topological polar surface area (TPSA) is 66.2 Å². The van der Waals surface area contributed by atoms with Crippen LogP contribution in [-0.2, 0) is 16.1 Å². The van der Waals surface area contributed by atoms with E-state index in [1.165, 1.54) is 6.92 Å². The fourth-order valence-corrected chi connectivity index (χ4v) is 2.78. The van der Waals surface area contributed by atoms with Crippen molar-refractivity contribution in [2.45, 2.75) is 34.2 Å². The number of esters is 1. The number of nitrogens with zero attached hydrogens (tertiary/aromatic N) is 3. The van der Waals surface area contributed by atoms with Crippen molar-refractivity contribution in [3.8, 4) is 11.6 Å². The molecule has 0 atom stereocenters. The van der Waals surface area contributed by atoms with E-state index in [0.717, 1.165) is 22.6 Å². The molecule has 0 bridgehead atoms. The first-order valence-electron chi connectivity index (χ1n) is 8.17. The maximum absolute atomic E-state index is 11.0. The molecule has 0 aliphatic carbocycles. The normalized spacial score (nSPS) is 10.9. The molecule has 0 radical (unpaired) electrons. The summed E-state index contributed by atoms with van der Waals surface area (Å²) >= 11 is 0. The number of para-hydroxylation sites is 1. The van der Waals surface area contributed by atoms with Gasteiger partial charge in [0.15, 0.2) is 5.52 Å². The molecule has 6 heteroatoms. The van der Waals surface area contributed by atoms with Crippen molar-refractivity contribution >= 4 is 17.0 Å². The van der Waals surface area contributed by atoms with E-state index in [1.807, 2.05) is 55.7 Å². The molecule has 3 rings (SSSR count). The molecule has 0 aliphatic heterocycles. The number of aromatic nitrogens is 3. The molecule has 25 heavy (non-hydrogen) atoms. The van der Waals surface area contributed by atoms with E-state index in [4.69, 9.17) is 9.47 Å².